The Balaban J connectivity index is 0.914. The summed E-state index contributed by atoms with van der Waals surface area (Å²) in [4.78, 5) is 89.1. The van der Waals surface area contributed by atoms with Crippen molar-refractivity contribution in [1.82, 2.24) is 15.5 Å². The van der Waals surface area contributed by atoms with Crippen molar-refractivity contribution >= 4 is 57.2 Å². The van der Waals surface area contributed by atoms with Crippen LogP contribution in [0.2, 0.25) is 0 Å². The number of nitrogens with zero attached hydrogens (tertiary/aromatic N) is 1. The summed E-state index contributed by atoms with van der Waals surface area (Å²) in [7, 11) is -4.98. The van der Waals surface area contributed by atoms with E-state index in [-0.39, 0.29) is 30.0 Å². The van der Waals surface area contributed by atoms with Gasteiger partial charge < -0.3 is 30.5 Å². The second-order valence-electron chi connectivity index (χ2n) is 18.6. The van der Waals surface area contributed by atoms with Crippen molar-refractivity contribution in [1.29, 1.82) is 0 Å². The van der Waals surface area contributed by atoms with E-state index < -0.39 is 106 Å². The number of carbonyl (C=O) groups is 7. The van der Waals surface area contributed by atoms with E-state index in [0.29, 0.717) is 36.9 Å². The predicted molar refractivity (Wildman–Crippen MR) is 233 cm³/mol. The molecule has 2 aromatic carbocycles. The van der Waals surface area contributed by atoms with Crippen LogP contribution < -0.4 is 16.0 Å². The average Bonchev–Trinajstić information content (AvgIpc) is 3.88. The lowest BCUT2D eigenvalue weighted by molar-refractivity contribution is -0.200. The van der Waals surface area contributed by atoms with Crippen LogP contribution in [0.1, 0.15) is 76.4 Å². The van der Waals surface area contributed by atoms with E-state index in [9.17, 15) is 51.6 Å². The Morgan fingerprint density at radius 2 is 1.64 bits per heavy atom. The predicted octanol–water partition coefficient (Wildman–Crippen LogP) is 2.58. The number of hydrogen-bond acceptors (Lipinski definition) is 13. The van der Waals surface area contributed by atoms with Gasteiger partial charge in [-0.15, -0.1) is 0 Å². The zero-order valence-corrected chi connectivity index (χ0v) is 37.5. The fourth-order valence-corrected chi connectivity index (χ4v) is 11.7. The molecule has 11 atom stereocenters. The molecule has 0 aromatic heterocycles. The van der Waals surface area contributed by atoms with Crippen molar-refractivity contribution < 1.29 is 65.3 Å². The highest BCUT2D eigenvalue weighted by molar-refractivity contribution is 7.80. The highest BCUT2D eigenvalue weighted by Crippen LogP contribution is 2.70. The number of aliphatic hydroxyl groups is 1. The number of imide groups is 1. The number of allylic oxidation sites excluding steroid dienone is 4. The minimum atomic E-state index is -4.98. The Kier molecular flexibility index (Phi) is 12.4. The molecule has 0 bridgehead atoms. The Hall–Kier alpha value is -5.70. The van der Waals surface area contributed by atoms with Gasteiger partial charge in [0, 0.05) is 40.2 Å². The van der Waals surface area contributed by atoms with E-state index in [0.717, 1.165) is 33.8 Å². The van der Waals surface area contributed by atoms with Crippen LogP contribution in [-0.4, -0.2) is 107 Å². The number of aliphatic hydroxyl groups excluding tert-OH is 1. The second kappa shape index (κ2) is 17.5. The first-order chi connectivity index (χ1) is 31.1. The molecule has 4 fully saturated rings. The summed E-state index contributed by atoms with van der Waals surface area (Å²) in [5.74, 6) is -4.50. The van der Waals surface area contributed by atoms with Crippen LogP contribution >= 0.6 is 0 Å². The van der Waals surface area contributed by atoms with Gasteiger partial charge in [-0.1, -0.05) is 61.9 Å². The van der Waals surface area contributed by atoms with Crippen LogP contribution in [0.5, 0.6) is 0 Å². The summed E-state index contributed by atoms with van der Waals surface area (Å²) >= 11 is 0. The molecule has 0 spiro atoms. The second-order valence-corrected chi connectivity index (χ2v) is 19.7. The molecule has 3 saturated carbocycles. The number of carbonyl (C=O) groups excluding carboxylic acids is 7. The molecule has 8 rings (SSSR count). The van der Waals surface area contributed by atoms with Crippen molar-refractivity contribution in [3.05, 3.63) is 101 Å². The van der Waals surface area contributed by atoms with E-state index >= 15 is 0 Å². The van der Waals surface area contributed by atoms with Crippen molar-refractivity contribution in [2.75, 3.05) is 18.5 Å². The molecule has 66 heavy (non-hydrogen) atoms. The van der Waals surface area contributed by atoms with Gasteiger partial charge in [0.25, 0.3) is 11.8 Å². The van der Waals surface area contributed by atoms with E-state index in [2.05, 4.69) is 20.1 Å². The quantitative estimate of drug-likeness (QED) is 0.135. The number of Topliss-reactive ketones (excluding diaryl/α,β-unsaturated/α-hetero) is 1. The maximum Gasteiger partial charge on any atom is 0.397 e. The topological polar surface area (TPSA) is 261 Å². The van der Waals surface area contributed by atoms with Gasteiger partial charge in [0.05, 0.1) is 12.2 Å². The van der Waals surface area contributed by atoms with Gasteiger partial charge in [0.2, 0.25) is 17.7 Å². The summed E-state index contributed by atoms with van der Waals surface area (Å²) in [5, 5.41) is 19.8. The lowest BCUT2D eigenvalue weighted by Gasteiger charge is -2.59. The fraction of sp³-hybridized carbons (Fsp3) is 0.468. The zero-order chi connectivity index (χ0) is 47.5. The number of amides is 5. The highest BCUT2D eigenvalue weighted by atomic mass is 32.3. The van der Waals surface area contributed by atoms with Crippen molar-refractivity contribution in [2.45, 2.75) is 96.0 Å². The summed E-state index contributed by atoms with van der Waals surface area (Å²) in [6.45, 7) is 5.25. The van der Waals surface area contributed by atoms with Crippen molar-refractivity contribution in [2.24, 2.45) is 28.6 Å². The van der Waals surface area contributed by atoms with E-state index in [1.807, 2.05) is 38.1 Å². The summed E-state index contributed by atoms with van der Waals surface area (Å²) in [5.41, 5.74) is 0.413. The number of hydrogen-bond donors (Lipinski definition) is 5. The fourth-order valence-electron chi connectivity index (χ4n) is 11.5. The highest BCUT2D eigenvalue weighted by Gasteiger charge is 2.76. The lowest BCUT2D eigenvalue weighted by Crippen LogP contribution is -2.63. The molecule has 2 aromatic rings. The Labute approximate surface area is 381 Å². The number of anilines is 1. The minimum absolute atomic E-state index is 0.0825. The smallest absolute Gasteiger partial charge is 0.393 e. The minimum Gasteiger partial charge on any atom is -0.393 e. The molecule has 5 amide bonds. The lowest BCUT2D eigenvalue weighted by atomic mass is 9.46. The summed E-state index contributed by atoms with van der Waals surface area (Å²) in [6, 6.07) is 12.4. The van der Waals surface area contributed by atoms with Gasteiger partial charge in [-0.05, 0) is 93.2 Å². The molecule has 350 valence electrons. The molecular formula is C47H52N4O14S. The first kappa shape index (κ1) is 46.8. The molecule has 19 heteroatoms. The van der Waals surface area contributed by atoms with E-state index in [1.54, 1.807) is 42.5 Å². The number of ketones is 2. The van der Waals surface area contributed by atoms with Crippen LogP contribution in [0.15, 0.2) is 84.5 Å². The van der Waals surface area contributed by atoms with Crippen LogP contribution in [0, 0.1) is 28.6 Å². The van der Waals surface area contributed by atoms with E-state index in [4.69, 9.17) is 9.47 Å². The monoisotopic (exact) mass is 928 g/mol. The normalized spacial score (nSPS) is 31.8. The number of ether oxygens (including phenoxy) is 2. The molecule has 2 heterocycles. The number of rotatable bonds is 14. The number of nitrogens with one attached hydrogen (secondary N) is 3. The van der Waals surface area contributed by atoms with Gasteiger partial charge in [-0.25, -0.2) is 4.18 Å². The molecule has 5 N–H and O–H groups in total. The van der Waals surface area contributed by atoms with Gasteiger partial charge in [0.15, 0.2) is 23.5 Å². The van der Waals surface area contributed by atoms with Crippen LogP contribution in [-0.2, 0) is 64.0 Å². The first-order valence-corrected chi connectivity index (χ1v) is 23.2. The van der Waals surface area contributed by atoms with Gasteiger partial charge in [-0.3, -0.25) is 43.0 Å². The summed E-state index contributed by atoms with van der Waals surface area (Å²) < 4.78 is 50.8. The number of fused-ring (bicyclic) bond motifs is 7. The van der Waals surface area contributed by atoms with Crippen LogP contribution in [0.3, 0.4) is 0 Å². The molecule has 2 aliphatic heterocycles. The first-order valence-electron chi connectivity index (χ1n) is 21.8. The molecule has 1 saturated heterocycles. The SMILES string of the molecule is C[C@H](NC(=O)CN1C(=O)C=CC1=O)C(=O)N[C@@H](C)C(=O)Nc1cccc(Cc2ccc([C@@H]3O[C@@H]4C[C@H]5[C@@H]6CCC7=CC(=O)C=C[C@]7(C)[C@H]6[C@@H](O)C[C@]5(C)[C@]4(C(=O)COS(=O)(=O)O)O3)cc2)c1. The third-order valence-electron chi connectivity index (χ3n) is 14.6. The van der Waals surface area contributed by atoms with Crippen LogP contribution in [0.25, 0.3) is 0 Å². The molecule has 18 nitrogen and oxygen atoms in total. The molecule has 0 radical (unpaired) electrons. The van der Waals surface area contributed by atoms with Gasteiger partial charge >= 0.3 is 10.4 Å². The van der Waals surface area contributed by atoms with Crippen LogP contribution in [0.4, 0.5) is 5.69 Å². The van der Waals surface area contributed by atoms with Gasteiger partial charge in [0.1, 0.15) is 25.2 Å². The summed E-state index contributed by atoms with van der Waals surface area (Å²) in [6.07, 6.45) is 6.66. The Morgan fingerprint density at radius 3 is 2.33 bits per heavy atom. The standard InChI is InChI=1S/C47H52N4O14S/c1-25(48-38(55)23-51-39(56)14-15-40(51)57)42(58)49-26(2)43(59)50-31-7-5-6-28(19-31)18-27-8-10-29(11-9-27)44-64-37-21-34-33-13-12-30-20-32(52)16-17-45(30,3)41(33)35(53)22-46(34,4)47(37,65-44)36(54)24-63-66(60,61)62/h5-11,14-17,19-20,25-26,33-35,37,41,44,53H,12-13,18,21-24H2,1-4H3,(H,48,55)(H,49,58)(H,50,59)(H,60,61,62)/t25-,26-,33-,34-,35-,37+,41+,44+,45-,46-,47+/m0/s1. The van der Waals surface area contributed by atoms with Crippen molar-refractivity contribution in [3.8, 4) is 0 Å². The largest absolute Gasteiger partial charge is 0.397 e. The maximum absolute atomic E-state index is 14.4. The number of benzene rings is 2. The van der Waals surface area contributed by atoms with Gasteiger partial charge in [-0.2, -0.15) is 8.42 Å². The third kappa shape index (κ3) is 8.59. The molecule has 6 aliphatic rings. The van der Waals surface area contributed by atoms with Crippen molar-refractivity contribution in [3.63, 3.8) is 0 Å². The Bertz CT molecular complexity index is 2580. The Morgan fingerprint density at radius 1 is 0.939 bits per heavy atom. The molecule has 0 unspecified atom stereocenters. The zero-order valence-electron chi connectivity index (χ0n) is 36.7. The third-order valence-corrected chi connectivity index (χ3v) is 15.0. The maximum atomic E-state index is 14.4. The molecule has 4 aliphatic carbocycles. The molecular weight excluding hydrogens is 877 g/mol. The average molecular weight is 929 g/mol. The van der Waals surface area contributed by atoms with E-state index in [1.165, 1.54) is 13.8 Å².